The molecule has 3 N–H and O–H groups in total. The van der Waals surface area contributed by atoms with Crippen molar-refractivity contribution < 1.29 is 9.47 Å². The molecule has 1 aromatic rings. The molecule has 0 aromatic carbocycles. The number of rotatable bonds is 10. The first-order chi connectivity index (χ1) is 10.1. The number of ether oxygens (including phenoxy) is 2. The lowest BCUT2D eigenvalue weighted by Crippen LogP contribution is -2.33. The van der Waals surface area contributed by atoms with E-state index >= 15 is 0 Å². The first-order valence-corrected chi connectivity index (χ1v) is 7.19. The van der Waals surface area contributed by atoms with Crippen LogP contribution >= 0.6 is 0 Å². The normalized spacial score (nSPS) is 10.6. The van der Waals surface area contributed by atoms with E-state index in [9.17, 15) is 0 Å². The minimum atomic E-state index is -0.0590. The van der Waals surface area contributed by atoms with E-state index in [1.807, 2.05) is 25.7 Å². The highest BCUT2D eigenvalue weighted by molar-refractivity contribution is 5.93. The summed E-state index contributed by atoms with van der Waals surface area (Å²) in [5, 5.41) is 7.53. The van der Waals surface area contributed by atoms with E-state index in [1.54, 1.807) is 6.07 Å². The van der Waals surface area contributed by atoms with Gasteiger partial charge in [-0.05, 0) is 26.8 Å². The highest BCUT2D eigenvalue weighted by Gasteiger charge is 2.12. The second-order valence-corrected chi connectivity index (χ2v) is 4.49. The van der Waals surface area contributed by atoms with Gasteiger partial charge in [-0.3, -0.25) is 5.41 Å². The van der Waals surface area contributed by atoms with Crippen molar-refractivity contribution >= 4 is 11.8 Å². The van der Waals surface area contributed by atoms with E-state index in [-0.39, 0.29) is 5.84 Å². The number of nitrogen functional groups attached to an aromatic ring is 1. The average Bonchev–Trinajstić information content (AvgIpc) is 2.45. The first kappa shape index (κ1) is 17.3. The van der Waals surface area contributed by atoms with Gasteiger partial charge in [0.15, 0.2) is 0 Å². The molecule has 0 aliphatic rings. The molecule has 118 valence electrons. The molecule has 7 heteroatoms. The maximum Gasteiger partial charge on any atom is 0.226 e. The Morgan fingerprint density at radius 1 is 1.19 bits per heavy atom. The van der Waals surface area contributed by atoms with Crippen LogP contribution in [0, 0.1) is 12.3 Å². The summed E-state index contributed by atoms with van der Waals surface area (Å²) in [6.07, 6.45) is 0. The Labute approximate surface area is 126 Å². The van der Waals surface area contributed by atoms with Gasteiger partial charge in [0, 0.05) is 32.0 Å². The smallest absolute Gasteiger partial charge is 0.226 e. The minimum Gasteiger partial charge on any atom is -0.382 e. The predicted octanol–water partition coefficient (Wildman–Crippen LogP) is 0.948. The van der Waals surface area contributed by atoms with Gasteiger partial charge < -0.3 is 20.1 Å². The van der Waals surface area contributed by atoms with Gasteiger partial charge >= 0.3 is 0 Å². The number of hydrogen-bond donors (Lipinski definition) is 2. The van der Waals surface area contributed by atoms with Crippen LogP contribution in [0.4, 0.5) is 5.95 Å². The van der Waals surface area contributed by atoms with Crippen LogP contribution in [0.5, 0.6) is 0 Å². The Kier molecular flexibility index (Phi) is 7.63. The summed E-state index contributed by atoms with van der Waals surface area (Å²) in [6, 6.07) is 1.70. The van der Waals surface area contributed by atoms with E-state index < -0.39 is 0 Å². The van der Waals surface area contributed by atoms with Crippen LogP contribution in [-0.4, -0.2) is 55.3 Å². The van der Waals surface area contributed by atoms with Crippen molar-refractivity contribution in [3.63, 3.8) is 0 Å². The third-order valence-corrected chi connectivity index (χ3v) is 2.82. The Morgan fingerprint density at radius 3 is 2.24 bits per heavy atom. The molecule has 0 saturated carbocycles. The number of nitrogens with two attached hydrogens (primary N) is 1. The van der Waals surface area contributed by atoms with Crippen molar-refractivity contribution in [2.75, 3.05) is 44.4 Å². The molecule has 1 aromatic heterocycles. The quantitative estimate of drug-likeness (QED) is 0.379. The number of amidine groups is 1. The summed E-state index contributed by atoms with van der Waals surface area (Å²) in [4.78, 5) is 10.8. The third kappa shape index (κ3) is 6.05. The minimum absolute atomic E-state index is 0.0590. The maximum atomic E-state index is 7.53. The summed E-state index contributed by atoms with van der Waals surface area (Å²) >= 11 is 0. The molecule has 0 aliphatic heterocycles. The number of nitrogens with zero attached hydrogens (tertiary/aromatic N) is 3. The third-order valence-electron chi connectivity index (χ3n) is 2.82. The molecular weight excluding hydrogens is 270 g/mol. The van der Waals surface area contributed by atoms with Crippen molar-refractivity contribution in [2.24, 2.45) is 5.73 Å². The first-order valence-electron chi connectivity index (χ1n) is 7.19. The monoisotopic (exact) mass is 295 g/mol. The molecule has 0 amide bonds. The van der Waals surface area contributed by atoms with E-state index in [4.69, 9.17) is 20.6 Å². The summed E-state index contributed by atoms with van der Waals surface area (Å²) in [6.45, 7) is 9.65. The molecule has 0 aliphatic carbocycles. The van der Waals surface area contributed by atoms with Crippen molar-refractivity contribution in [3.05, 3.63) is 17.5 Å². The van der Waals surface area contributed by atoms with Crippen molar-refractivity contribution in [1.29, 1.82) is 5.41 Å². The molecule has 0 saturated heterocycles. The molecule has 0 radical (unpaired) electrons. The zero-order valence-corrected chi connectivity index (χ0v) is 13.1. The van der Waals surface area contributed by atoms with Gasteiger partial charge in [-0.25, -0.2) is 9.97 Å². The number of anilines is 1. The Hall–Kier alpha value is -1.73. The highest BCUT2D eigenvalue weighted by Crippen LogP contribution is 2.10. The standard InChI is InChI=1S/C14H25N5O2/c1-4-20-8-6-19(7-9-21-5-2)14-17-11(3)10-12(18-14)13(15)16/h10H,4-9H2,1-3H3,(H3,15,16). The number of aryl methyl sites for hydroxylation is 1. The molecule has 0 bridgehead atoms. The predicted molar refractivity (Wildman–Crippen MR) is 83.0 cm³/mol. The largest absolute Gasteiger partial charge is 0.382 e. The molecule has 0 fully saturated rings. The molecular formula is C14H25N5O2. The molecule has 0 unspecified atom stereocenters. The summed E-state index contributed by atoms with van der Waals surface area (Å²) in [5.41, 5.74) is 6.74. The molecule has 0 atom stereocenters. The van der Waals surface area contributed by atoms with Gasteiger partial charge in [-0.2, -0.15) is 0 Å². The van der Waals surface area contributed by atoms with Crippen LogP contribution in [0.15, 0.2) is 6.07 Å². The van der Waals surface area contributed by atoms with Crippen LogP contribution in [0.3, 0.4) is 0 Å². The number of hydrogen-bond acceptors (Lipinski definition) is 6. The van der Waals surface area contributed by atoms with Gasteiger partial charge in [0.25, 0.3) is 0 Å². The zero-order chi connectivity index (χ0) is 15.7. The summed E-state index contributed by atoms with van der Waals surface area (Å²) < 4.78 is 10.8. The zero-order valence-electron chi connectivity index (χ0n) is 13.1. The second-order valence-electron chi connectivity index (χ2n) is 4.49. The van der Waals surface area contributed by atoms with Gasteiger partial charge in [0.05, 0.1) is 13.2 Å². The Morgan fingerprint density at radius 2 is 1.76 bits per heavy atom. The van der Waals surface area contributed by atoms with Crippen LogP contribution in [0.1, 0.15) is 25.2 Å². The van der Waals surface area contributed by atoms with E-state index in [1.165, 1.54) is 0 Å². The molecule has 0 spiro atoms. The maximum absolute atomic E-state index is 7.53. The molecule has 1 heterocycles. The van der Waals surface area contributed by atoms with Crippen molar-refractivity contribution in [3.8, 4) is 0 Å². The topological polar surface area (TPSA) is 97.4 Å². The van der Waals surface area contributed by atoms with E-state index in [2.05, 4.69) is 9.97 Å². The van der Waals surface area contributed by atoms with Gasteiger partial charge in [0.2, 0.25) is 5.95 Å². The Bertz CT molecular complexity index is 443. The number of aromatic nitrogens is 2. The Balaban J connectivity index is 2.86. The van der Waals surface area contributed by atoms with Gasteiger partial charge in [0.1, 0.15) is 11.5 Å². The summed E-state index contributed by atoms with van der Waals surface area (Å²) in [5.74, 6) is 0.496. The lowest BCUT2D eigenvalue weighted by Gasteiger charge is -2.23. The lowest BCUT2D eigenvalue weighted by molar-refractivity contribution is 0.141. The van der Waals surface area contributed by atoms with E-state index in [0.717, 1.165) is 5.69 Å². The van der Waals surface area contributed by atoms with Crippen molar-refractivity contribution in [2.45, 2.75) is 20.8 Å². The van der Waals surface area contributed by atoms with Crippen LogP contribution < -0.4 is 10.6 Å². The SMILES string of the molecule is CCOCCN(CCOCC)c1nc(C)cc(C(=N)N)n1. The fourth-order valence-electron chi connectivity index (χ4n) is 1.78. The van der Waals surface area contributed by atoms with Crippen LogP contribution in [0.25, 0.3) is 0 Å². The number of nitrogens with one attached hydrogen (secondary N) is 1. The van der Waals surface area contributed by atoms with E-state index in [0.29, 0.717) is 51.2 Å². The van der Waals surface area contributed by atoms with Crippen LogP contribution in [-0.2, 0) is 9.47 Å². The van der Waals surface area contributed by atoms with Gasteiger partial charge in [-0.15, -0.1) is 0 Å². The average molecular weight is 295 g/mol. The molecule has 1 rings (SSSR count). The fraction of sp³-hybridized carbons (Fsp3) is 0.643. The second kappa shape index (κ2) is 9.25. The van der Waals surface area contributed by atoms with Gasteiger partial charge in [-0.1, -0.05) is 0 Å². The fourth-order valence-corrected chi connectivity index (χ4v) is 1.78. The highest BCUT2D eigenvalue weighted by atomic mass is 16.5. The van der Waals surface area contributed by atoms with Crippen LogP contribution in [0.2, 0.25) is 0 Å². The molecule has 7 nitrogen and oxygen atoms in total. The summed E-state index contributed by atoms with van der Waals surface area (Å²) in [7, 11) is 0. The van der Waals surface area contributed by atoms with Crippen molar-refractivity contribution in [1.82, 2.24) is 9.97 Å². The molecule has 21 heavy (non-hydrogen) atoms. The lowest BCUT2D eigenvalue weighted by atomic mass is 10.3.